The lowest BCUT2D eigenvalue weighted by atomic mass is 9.93. The Kier molecular flexibility index (Phi) is 5.03. The van der Waals surface area contributed by atoms with E-state index in [1.807, 2.05) is 0 Å². The van der Waals surface area contributed by atoms with Crippen LogP contribution in [0.1, 0.15) is 32.8 Å². The third-order valence-corrected chi connectivity index (χ3v) is 4.87. The van der Waals surface area contributed by atoms with Crippen molar-refractivity contribution >= 4 is 31.6 Å². The second-order valence-corrected chi connectivity index (χ2v) is 8.48. The van der Waals surface area contributed by atoms with E-state index in [2.05, 4.69) is 41.4 Å². The number of anilines is 1. The van der Waals surface area contributed by atoms with Crippen molar-refractivity contribution in [3.05, 3.63) is 22.2 Å². The van der Waals surface area contributed by atoms with E-state index >= 15 is 0 Å². The van der Waals surface area contributed by atoms with Gasteiger partial charge < -0.3 is 5.73 Å². The molecule has 1 rings (SSSR count). The Labute approximate surface area is 124 Å². The molecule has 4 nitrogen and oxygen atoms in total. The molecule has 0 fully saturated rings. The molecule has 0 aliphatic carbocycles. The lowest BCUT2D eigenvalue weighted by Gasteiger charge is -2.18. The summed E-state index contributed by atoms with van der Waals surface area (Å²) in [6.07, 6.45) is 0.773. The lowest BCUT2D eigenvalue weighted by molar-refractivity contribution is 0.378. The number of rotatable bonds is 4. The van der Waals surface area contributed by atoms with Crippen molar-refractivity contribution in [1.29, 1.82) is 0 Å². The molecule has 0 aliphatic heterocycles. The fraction of sp³-hybridized carbons (Fsp3) is 0.538. The van der Waals surface area contributed by atoms with Crippen LogP contribution in [0.4, 0.5) is 5.69 Å². The molecule has 0 saturated heterocycles. The highest BCUT2D eigenvalue weighted by molar-refractivity contribution is 9.10. The van der Waals surface area contributed by atoms with Gasteiger partial charge in [-0.1, -0.05) is 36.7 Å². The number of benzene rings is 1. The van der Waals surface area contributed by atoms with Crippen LogP contribution in [0, 0.1) is 12.3 Å². The van der Waals surface area contributed by atoms with E-state index in [-0.39, 0.29) is 10.3 Å². The zero-order valence-electron chi connectivity index (χ0n) is 11.7. The summed E-state index contributed by atoms with van der Waals surface area (Å²) in [5.41, 5.74) is 6.92. The van der Waals surface area contributed by atoms with Crippen LogP contribution in [0.2, 0.25) is 0 Å². The monoisotopic (exact) mass is 348 g/mol. The third kappa shape index (κ3) is 4.78. The highest BCUT2D eigenvalue weighted by atomic mass is 79.9. The van der Waals surface area contributed by atoms with Crippen molar-refractivity contribution in [1.82, 2.24) is 4.72 Å². The average molecular weight is 349 g/mol. The molecule has 0 heterocycles. The molecule has 0 amide bonds. The maximum Gasteiger partial charge on any atom is 0.240 e. The molecule has 0 aromatic heterocycles. The van der Waals surface area contributed by atoms with E-state index in [4.69, 9.17) is 5.73 Å². The summed E-state index contributed by atoms with van der Waals surface area (Å²) < 4.78 is 27.8. The third-order valence-electron chi connectivity index (χ3n) is 2.82. The van der Waals surface area contributed by atoms with E-state index in [1.54, 1.807) is 19.1 Å². The lowest BCUT2D eigenvalue weighted by Crippen LogP contribution is -2.28. The predicted octanol–water partition coefficient (Wildman–Crippen LogP) is 3.05. The van der Waals surface area contributed by atoms with Gasteiger partial charge in [-0.05, 0) is 36.5 Å². The molecule has 6 heteroatoms. The van der Waals surface area contributed by atoms with Crippen LogP contribution in [-0.4, -0.2) is 15.0 Å². The summed E-state index contributed by atoms with van der Waals surface area (Å²) >= 11 is 3.27. The molecule has 1 aromatic carbocycles. The van der Waals surface area contributed by atoms with E-state index in [0.717, 1.165) is 6.42 Å². The van der Waals surface area contributed by atoms with Crippen LogP contribution in [0.3, 0.4) is 0 Å². The van der Waals surface area contributed by atoms with Crippen LogP contribution >= 0.6 is 15.9 Å². The van der Waals surface area contributed by atoms with Gasteiger partial charge in [-0.15, -0.1) is 0 Å². The van der Waals surface area contributed by atoms with Gasteiger partial charge in [0.1, 0.15) is 0 Å². The molecule has 108 valence electrons. The SMILES string of the molecule is Cc1c(N)cc(Br)cc1S(=O)(=O)NCCC(C)(C)C. The summed E-state index contributed by atoms with van der Waals surface area (Å²) in [6.45, 7) is 8.34. The number of nitrogens with one attached hydrogen (secondary N) is 1. The predicted molar refractivity (Wildman–Crippen MR) is 82.6 cm³/mol. The first-order chi connectivity index (χ1) is 8.53. The van der Waals surface area contributed by atoms with Crippen molar-refractivity contribution in [3.8, 4) is 0 Å². The van der Waals surface area contributed by atoms with E-state index in [9.17, 15) is 8.42 Å². The number of sulfonamides is 1. The minimum atomic E-state index is -3.52. The summed E-state index contributed by atoms with van der Waals surface area (Å²) in [7, 11) is -3.52. The highest BCUT2D eigenvalue weighted by Crippen LogP contribution is 2.26. The fourth-order valence-electron chi connectivity index (χ4n) is 1.59. The van der Waals surface area contributed by atoms with Crippen LogP contribution in [0.5, 0.6) is 0 Å². The van der Waals surface area contributed by atoms with Gasteiger partial charge in [-0.3, -0.25) is 0 Å². The number of nitrogen functional groups attached to an aromatic ring is 1. The van der Waals surface area contributed by atoms with Gasteiger partial charge in [0.15, 0.2) is 0 Å². The maximum atomic E-state index is 12.3. The molecular formula is C13H21BrN2O2S. The largest absolute Gasteiger partial charge is 0.398 e. The van der Waals surface area contributed by atoms with Gasteiger partial charge >= 0.3 is 0 Å². The first kappa shape index (κ1) is 16.5. The Bertz CT molecular complexity index is 563. The van der Waals surface area contributed by atoms with E-state index in [1.165, 1.54) is 0 Å². The zero-order chi connectivity index (χ0) is 14.8. The molecule has 0 saturated carbocycles. The standard InChI is InChI=1S/C13H21BrN2O2S/c1-9-11(15)7-10(14)8-12(9)19(17,18)16-6-5-13(2,3)4/h7-8,16H,5-6,15H2,1-4H3. The van der Waals surface area contributed by atoms with Crippen LogP contribution in [0.25, 0.3) is 0 Å². The molecule has 0 aliphatic rings. The quantitative estimate of drug-likeness (QED) is 0.821. The molecule has 0 radical (unpaired) electrons. The van der Waals surface area contributed by atoms with Gasteiger partial charge in [0.25, 0.3) is 0 Å². The van der Waals surface area contributed by atoms with Crippen molar-refractivity contribution in [2.75, 3.05) is 12.3 Å². The second kappa shape index (κ2) is 5.81. The van der Waals surface area contributed by atoms with Crippen LogP contribution < -0.4 is 10.5 Å². The first-order valence-electron chi connectivity index (χ1n) is 6.08. The highest BCUT2D eigenvalue weighted by Gasteiger charge is 2.20. The topological polar surface area (TPSA) is 72.2 Å². The summed E-state index contributed by atoms with van der Waals surface area (Å²) in [6, 6.07) is 3.27. The minimum absolute atomic E-state index is 0.0911. The van der Waals surface area contributed by atoms with Gasteiger partial charge in [0, 0.05) is 16.7 Å². The van der Waals surface area contributed by atoms with Gasteiger partial charge in [0.05, 0.1) is 4.90 Å². The van der Waals surface area contributed by atoms with Crippen molar-refractivity contribution in [2.24, 2.45) is 5.41 Å². The number of nitrogens with two attached hydrogens (primary N) is 1. The van der Waals surface area contributed by atoms with E-state index < -0.39 is 10.0 Å². The molecule has 0 bridgehead atoms. The Morgan fingerprint density at radius 1 is 1.32 bits per heavy atom. The molecular weight excluding hydrogens is 328 g/mol. The number of halogens is 1. The Morgan fingerprint density at radius 2 is 1.89 bits per heavy atom. The Morgan fingerprint density at radius 3 is 2.42 bits per heavy atom. The van der Waals surface area contributed by atoms with Gasteiger partial charge in [0.2, 0.25) is 10.0 Å². The minimum Gasteiger partial charge on any atom is -0.398 e. The van der Waals surface area contributed by atoms with E-state index in [0.29, 0.717) is 22.3 Å². The summed E-state index contributed by atoms with van der Waals surface area (Å²) in [5.74, 6) is 0. The fourth-order valence-corrected chi connectivity index (χ4v) is 3.55. The maximum absolute atomic E-state index is 12.3. The van der Waals surface area contributed by atoms with Crippen molar-refractivity contribution in [2.45, 2.75) is 39.0 Å². The molecule has 0 atom stereocenters. The van der Waals surface area contributed by atoms with Crippen LogP contribution in [0.15, 0.2) is 21.5 Å². The summed E-state index contributed by atoms with van der Waals surface area (Å²) in [5, 5.41) is 0. The Balaban J connectivity index is 2.95. The molecule has 1 aromatic rings. The molecule has 19 heavy (non-hydrogen) atoms. The number of hydrogen-bond acceptors (Lipinski definition) is 3. The average Bonchev–Trinajstić information content (AvgIpc) is 2.20. The normalized spacial score (nSPS) is 12.7. The molecule has 0 unspecified atom stereocenters. The Hall–Kier alpha value is -0.590. The van der Waals surface area contributed by atoms with Crippen LogP contribution in [-0.2, 0) is 10.0 Å². The smallest absolute Gasteiger partial charge is 0.240 e. The second-order valence-electron chi connectivity index (χ2n) is 5.83. The van der Waals surface area contributed by atoms with Crippen molar-refractivity contribution in [3.63, 3.8) is 0 Å². The van der Waals surface area contributed by atoms with Crippen molar-refractivity contribution < 1.29 is 8.42 Å². The zero-order valence-corrected chi connectivity index (χ0v) is 14.2. The first-order valence-corrected chi connectivity index (χ1v) is 8.36. The van der Waals surface area contributed by atoms with Gasteiger partial charge in [-0.2, -0.15) is 0 Å². The number of hydrogen-bond donors (Lipinski definition) is 2. The summed E-state index contributed by atoms with van der Waals surface area (Å²) in [4.78, 5) is 0.230. The van der Waals surface area contributed by atoms with Gasteiger partial charge in [-0.25, -0.2) is 13.1 Å². The molecule has 0 spiro atoms. The molecule has 3 N–H and O–H groups in total.